The lowest BCUT2D eigenvalue weighted by molar-refractivity contribution is 0.0782. The van der Waals surface area contributed by atoms with Crippen molar-refractivity contribution in [2.24, 2.45) is 5.92 Å². The lowest BCUT2D eigenvalue weighted by Crippen LogP contribution is -2.50. The minimum atomic E-state index is -3.41. The van der Waals surface area contributed by atoms with Crippen molar-refractivity contribution in [2.75, 3.05) is 32.7 Å². The quantitative estimate of drug-likeness (QED) is 0.881. The Bertz CT molecular complexity index is 662. The molecule has 1 heterocycles. The summed E-state index contributed by atoms with van der Waals surface area (Å²) in [6.07, 6.45) is 2.00. The minimum absolute atomic E-state index is 0.252. The molecule has 2 aliphatic rings. The molecule has 1 N–H and O–H groups in total. The first-order valence-electron chi connectivity index (χ1n) is 8.36. The summed E-state index contributed by atoms with van der Waals surface area (Å²) in [5.74, 6) is 0.465. The van der Waals surface area contributed by atoms with Crippen molar-refractivity contribution in [1.29, 1.82) is 0 Å². The molecule has 0 amide bonds. The minimum Gasteiger partial charge on any atom is -0.392 e. The van der Waals surface area contributed by atoms with E-state index in [1.54, 1.807) is 16.4 Å². The first-order chi connectivity index (χ1) is 10.9. The fourth-order valence-corrected chi connectivity index (χ4v) is 4.58. The monoisotopic (exact) mass is 338 g/mol. The van der Waals surface area contributed by atoms with Crippen LogP contribution in [0.2, 0.25) is 0 Å². The third kappa shape index (κ3) is 3.76. The van der Waals surface area contributed by atoms with Crippen LogP contribution in [0.3, 0.4) is 0 Å². The van der Waals surface area contributed by atoms with Crippen molar-refractivity contribution in [2.45, 2.75) is 37.7 Å². The number of aliphatic hydroxyl groups is 1. The molecular formula is C17H26N2O3S. The van der Waals surface area contributed by atoms with Crippen LogP contribution in [0.25, 0.3) is 0 Å². The zero-order valence-corrected chi connectivity index (χ0v) is 14.7. The third-order valence-corrected chi connectivity index (χ3v) is 6.95. The van der Waals surface area contributed by atoms with E-state index in [0.717, 1.165) is 24.0 Å². The summed E-state index contributed by atoms with van der Waals surface area (Å²) >= 11 is 0. The van der Waals surface area contributed by atoms with E-state index in [1.165, 1.54) is 0 Å². The van der Waals surface area contributed by atoms with Crippen molar-refractivity contribution in [1.82, 2.24) is 9.21 Å². The van der Waals surface area contributed by atoms with Crippen LogP contribution in [0.4, 0.5) is 0 Å². The highest BCUT2D eigenvalue weighted by Gasteiger charge is 2.33. The number of hydrogen-bond acceptors (Lipinski definition) is 4. The van der Waals surface area contributed by atoms with E-state index in [1.807, 2.05) is 19.9 Å². The summed E-state index contributed by atoms with van der Waals surface area (Å²) in [5.41, 5.74) is 2.10. The standard InChI is InChI=1S/C17H26N2O3S/c1-13-3-6-16(11-14(13)2)23(21,22)19-9-7-18(8-10-19)12-17(20)15-4-5-15/h3,6,11,15,17,20H,4-5,7-10,12H2,1-2H3/t17-/m1/s1. The molecule has 0 aromatic heterocycles. The Hall–Kier alpha value is -0.950. The van der Waals surface area contributed by atoms with E-state index < -0.39 is 10.0 Å². The van der Waals surface area contributed by atoms with Gasteiger partial charge in [0.15, 0.2) is 0 Å². The van der Waals surface area contributed by atoms with E-state index in [0.29, 0.717) is 43.5 Å². The summed E-state index contributed by atoms with van der Waals surface area (Å²) in [5, 5.41) is 10.0. The lowest BCUT2D eigenvalue weighted by atomic mass is 10.1. The topological polar surface area (TPSA) is 60.9 Å². The van der Waals surface area contributed by atoms with Crippen LogP contribution >= 0.6 is 0 Å². The van der Waals surface area contributed by atoms with Gasteiger partial charge in [-0.2, -0.15) is 4.31 Å². The van der Waals surface area contributed by atoms with Gasteiger partial charge in [-0.25, -0.2) is 8.42 Å². The summed E-state index contributed by atoms with van der Waals surface area (Å²) in [6.45, 7) is 6.95. The van der Waals surface area contributed by atoms with Crippen LogP contribution in [-0.2, 0) is 10.0 Å². The molecule has 3 rings (SSSR count). The van der Waals surface area contributed by atoms with Gasteiger partial charge in [-0.05, 0) is 55.9 Å². The molecule has 1 aromatic rings. The zero-order valence-electron chi connectivity index (χ0n) is 13.9. The Morgan fingerprint density at radius 3 is 2.35 bits per heavy atom. The van der Waals surface area contributed by atoms with Gasteiger partial charge in [0.1, 0.15) is 0 Å². The van der Waals surface area contributed by atoms with Crippen LogP contribution in [0.1, 0.15) is 24.0 Å². The van der Waals surface area contributed by atoms with Gasteiger partial charge < -0.3 is 5.11 Å². The number of nitrogens with zero attached hydrogens (tertiary/aromatic N) is 2. The van der Waals surface area contributed by atoms with Crippen LogP contribution in [0.5, 0.6) is 0 Å². The molecule has 128 valence electrons. The van der Waals surface area contributed by atoms with Crippen LogP contribution in [-0.4, -0.2) is 61.6 Å². The number of sulfonamides is 1. The maximum absolute atomic E-state index is 12.8. The molecule has 6 heteroatoms. The Morgan fingerprint density at radius 2 is 1.78 bits per heavy atom. The van der Waals surface area contributed by atoms with E-state index in [9.17, 15) is 13.5 Å². The first kappa shape index (κ1) is 16.9. The summed E-state index contributed by atoms with van der Waals surface area (Å²) in [6, 6.07) is 5.32. The predicted octanol–water partition coefficient (Wildman–Crippen LogP) is 1.38. The second-order valence-corrected chi connectivity index (χ2v) is 8.79. The van der Waals surface area contributed by atoms with E-state index >= 15 is 0 Å². The average molecular weight is 338 g/mol. The number of hydrogen-bond donors (Lipinski definition) is 1. The van der Waals surface area contributed by atoms with Crippen molar-refractivity contribution >= 4 is 10.0 Å². The maximum atomic E-state index is 12.8. The van der Waals surface area contributed by atoms with E-state index in [4.69, 9.17) is 0 Å². The Morgan fingerprint density at radius 1 is 1.13 bits per heavy atom. The Balaban J connectivity index is 1.62. The van der Waals surface area contributed by atoms with Crippen LogP contribution in [0.15, 0.2) is 23.1 Å². The van der Waals surface area contributed by atoms with Crippen molar-refractivity contribution in [3.8, 4) is 0 Å². The molecule has 23 heavy (non-hydrogen) atoms. The number of piperazine rings is 1. The van der Waals surface area contributed by atoms with Gasteiger partial charge >= 0.3 is 0 Å². The fraction of sp³-hybridized carbons (Fsp3) is 0.647. The van der Waals surface area contributed by atoms with Gasteiger partial charge in [-0.3, -0.25) is 4.90 Å². The normalized spacial score (nSPS) is 22.2. The molecule has 1 saturated heterocycles. The lowest BCUT2D eigenvalue weighted by Gasteiger charge is -2.35. The van der Waals surface area contributed by atoms with E-state index in [2.05, 4.69) is 4.90 Å². The van der Waals surface area contributed by atoms with Crippen molar-refractivity contribution < 1.29 is 13.5 Å². The van der Waals surface area contributed by atoms with Crippen molar-refractivity contribution in [3.05, 3.63) is 29.3 Å². The summed E-state index contributed by atoms with van der Waals surface area (Å²) in [4.78, 5) is 2.56. The molecule has 0 spiro atoms. The molecule has 0 radical (unpaired) electrons. The number of rotatable bonds is 5. The first-order valence-corrected chi connectivity index (χ1v) is 9.80. The zero-order chi connectivity index (χ0) is 16.6. The summed E-state index contributed by atoms with van der Waals surface area (Å²) in [7, 11) is -3.41. The second kappa shape index (κ2) is 6.51. The fourth-order valence-electron chi connectivity index (χ4n) is 3.07. The van der Waals surface area contributed by atoms with Crippen LogP contribution < -0.4 is 0 Å². The summed E-state index contributed by atoms with van der Waals surface area (Å²) < 4.78 is 27.1. The Kier molecular flexibility index (Phi) is 4.78. The predicted molar refractivity (Wildman–Crippen MR) is 89.8 cm³/mol. The highest BCUT2D eigenvalue weighted by molar-refractivity contribution is 7.89. The van der Waals surface area contributed by atoms with Gasteiger partial charge in [0.05, 0.1) is 11.0 Å². The molecule has 0 bridgehead atoms. The highest BCUT2D eigenvalue weighted by Crippen LogP contribution is 2.33. The number of benzene rings is 1. The van der Waals surface area contributed by atoms with E-state index in [-0.39, 0.29) is 6.10 Å². The molecular weight excluding hydrogens is 312 g/mol. The largest absolute Gasteiger partial charge is 0.392 e. The average Bonchev–Trinajstić information content (AvgIpc) is 3.35. The maximum Gasteiger partial charge on any atom is 0.243 e. The molecule has 1 aliphatic heterocycles. The number of β-amino-alcohol motifs (C(OH)–C–C–N with tert-alkyl or cyclic N) is 1. The van der Waals surface area contributed by atoms with Gasteiger partial charge in [-0.15, -0.1) is 0 Å². The molecule has 1 aromatic carbocycles. The molecule has 1 atom stereocenters. The molecule has 0 unspecified atom stereocenters. The van der Waals surface area contributed by atoms with Crippen molar-refractivity contribution in [3.63, 3.8) is 0 Å². The molecule has 1 saturated carbocycles. The Labute approximate surface area is 139 Å². The molecule has 5 nitrogen and oxygen atoms in total. The van der Waals surface area contributed by atoms with Gasteiger partial charge in [-0.1, -0.05) is 6.07 Å². The van der Waals surface area contributed by atoms with Gasteiger partial charge in [0.25, 0.3) is 0 Å². The second-order valence-electron chi connectivity index (χ2n) is 6.86. The van der Waals surface area contributed by atoms with Gasteiger partial charge in [0.2, 0.25) is 10.0 Å². The van der Waals surface area contributed by atoms with Gasteiger partial charge in [0, 0.05) is 32.7 Å². The molecule has 2 fully saturated rings. The smallest absolute Gasteiger partial charge is 0.243 e. The highest BCUT2D eigenvalue weighted by atomic mass is 32.2. The number of aryl methyl sites for hydroxylation is 2. The number of aliphatic hydroxyl groups excluding tert-OH is 1. The molecule has 1 aliphatic carbocycles. The van der Waals surface area contributed by atoms with Crippen LogP contribution in [0, 0.1) is 19.8 Å². The SMILES string of the molecule is Cc1ccc(S(=O)(=O)N2CCN(C[C@@H](O)C3CC3)CC2)cc1C. The third-order valence-electron chi connectivity index (χ3n) is 5.06.